The van der Waals surface area contributed by atoms with E-state index in [-0.39, 0.29) is 30.1 Å². The fraction of sp³-hybridized carbons (Fsp3) is 0.103. The summed E-state index contributed by atoms with van der Waals surface area (Å²) in [5, 5.41) is 3.84. The first-order chi connectivity index (χ1) is 18.8. The molecule has 0 radical (unpaired) electrons. The molecule has 10 heteroatoms. The van der Waals surface area contributed by atoms with Gasteiger partial charge in [-0.15, -0.1) is 0 Å². The lowest BCUT2D eigenvalue weighted by Crippen LogP contribution is -2.27. The van der Waals surface area contributed by atoms with Crippen LogP contribution in [0.4, 0.5) is 10.5 Å². The maximum Gasteiger partial charge on any atom is 0.337 e. The summed E-state index contributed by atoms with van der Waals surface area (Å²) in [6, 6.07) is 21.0. The van der Waals surface area contributed by atoms with Gasteiger partial charge in [0.1, 0.15) is 6.54 Å². The fourth-order valence-corrected chi connectivity index (χ4v) is 5.32. The minimum Gasteiger partial charge on any atom is -0.465 e. The van der Waals surface area contributed by atoms with Crippen molar-refractivity contribution in [3.63, 3.8) is 0 Å². The number of methoxy groups -OCH3 is 1. The second kappa shape index (κ2) is 11.2. The second-order valence-corrected chi connectivity index (χ2v) is 10.2. The van der Waals surface area contributed by atoms with Crippen LogP contribution in [0.1, 0.15) is 21.5 Å². The Bertz CT molecular complexity index is 1640. The van der Waals surface area contributed by atoms with Gasteiger partial charge in [0.15, 0.2) is 0 Å². The van der Waals surface area contributed by atoms with Gasteiger partial charge in [-0.25, -0.2) is 4.79 Å². The minimum absolute atomic E-state index is 0.0172. The Balaban J connectivity index is 1.35. The molecule has 1 fully saturated rings. The Morgan fingerprint density at radius 3 is 2.54 bits per heavy atom. The average Bonchev–Trinajstić information content (AvgIpc) is 3.40. The highest BCUT2D eigenvalue weighted by atomic mass is 35.5. The van der Waals surface area contributed by atoms with Gasteiger partial charge < -0.3 is 14.6 Å². The fourth-order valence-electron chi connectivity index (χ4n) is 4.28. The standard InChI is InChI=1S/C29H22ClN3O5S/c1-38-28(36)19-9-11-22(12-10-19)31-26(34)17-32-16-20(23-7-2-3-8-24(23)32)14-25-27(35)33(29(37)39-25)15-18-5-4-6-21(30)13-18/h2-14,16H,15,17H2,1H3,(H,31,34)/b25-14-. The minimum atomic E-state index is -0.457. The number of esters is 1. The molecule has 1 saturated heterocycles. The Morgan fingerprint density at radius 1 is 1.03 bits per heavy atom. The number of fused-ring (bicyclic) bond motifs is 1. The summed E-state index contributed by atoms with van der Waals surface area (Å²) in [5.74, 6) is -1.11. The van der Waals surface area contributed by atoms with Gasteiger partial charge in [-0.3, -0.25) is 19.3 Å². The third kappa shape index (κ3) is 5.74. The molecule has 0 spiro atoms. The molecule has 5 rings (SSSR count). The smallest absolute Gasteiger partial charge is 0.337 e. The molecule has 39 heavy (non-hydrogen) atoms. The summed E-state index contributed by atoms with van der Waals surface area (Å²) in [4.78, 5) is 51.7. The van der Waals surface area contributed by atoms with E-state index in [9.17, 15) is 19.2 Å². The maximum absolute atomic E-state index is 13.1. The summed E-state index contributed by atoms with van der Waals surface area (Å²) in [6.45, 7) is 0.147. The predicted molar refractivity (Wildman–Crippen MR) is 151 cm³/mol. The molecular formula is C29H22ClN3O5S. The van der Waals surface area contributed by atoms with Crippen molar-refractivity contribution in [2.45, 2.75) is 13.1 Å². The Hall–Kier alpha value is -4.34. The van der Waals surface area contributed by atoms with Gasteiger partial charge in [0.2, 0.25) is 5.91 Å². The normalized spacial score (nSPS) is 14.3. The van der Waals surface area contributed by atoms with Crippen molar-refractivity contribution in [3.8, 4) is 0 Å². The molecule has 196 valence electrons. The van der Waals surface area contributed by atoms with Crippen LogP contribution in [0.5, 0.6) is 0 Å². The number of carbonyl (C=O) groups is 4. The van der Waals surface area contributed by atoms with Gasteiger partial charge in [0, 0.05) is 33.4 Å². The van der Waals surface area contributed by atoms with E-state index < -0.39 is 5.97 Å². The number of anilines is 1. The number of imide groups is 1. The molecule has 0 aliphatic carbocycles. The molecule has 1 aromatic heterocycles. The summed E-state index contributed by atoms with van der Waals surface area (Å²) in [7, 11) is 1.31. The van der Waals surface area contributed by atoms with Crippen molar-refractivity contribution in [2.75, 3.05) is 12.4 Å². The third-order valence-corrected chi connectivity index (χ3v) is 7.26. The second-order valence-electron chi connectivity index (χ2n) is 8.74. The number of rotatable bonds is 7. The largest absolute Gasteiger partial charge is 0.465 e. The number of halogens is 1. The summed E-state index contributed by atoms with van der Waals surface area (Å²) in [6.07, 6.45) is 3.47. The summed E-state index contributed by atoms with van der Waals surface area (Å²) < 4.78 is 6.48. The zero-order valence-electron chi connectivity index (χ0n) is 20.7. The number of nitrogens with zero attached hydrogens (tertiary/aromatic N) is 2. The van der Waals surface area contributed by atoms with Crippen molar-refractivity contribution < 1.29 is 23.9 Å². The summed E-state index contributed by atoms with van der Waals surface area (Å²) in [5.41, 5.74) is 3.20. The first-order valence-electron chi connectivity index (χ1n) is 11.9. The molecule has 0 bridgehead atoms. The summed E-state index contributed by atoms with van der Waals surface area (Å²) >= 11 is 6.93. The van der Waals surface area contributed by atoms with E-state index in [1.54, 1.807) is 59.3 Å². The van der Waals surface area contributed by atoms with Gasteiger partial charge in [-0.1, -0.05) is 41.9 Å². The van der Waals surface area contributed by atoms with Crippen LogP contribution in [0.25, 0.3) is 17.0 Å². The highest BCUT2D eigenvalue weighted by molar-refractivity contribution is 8.18. The third-order valence-electron chi connectivity index (χ3n) is 6.11. The number of benzene rings is 3. The van der Waals surface area contributed by atoms with Crippen LogP contribution < -0.4 is 5.32 Å². The molecule has 8 nitrogen and oxygen atoms in total. The van der Waals surface area contributed by atoms with Crippen LogP contribution in [-0.4, -0.2) is 39.6 Å². The van der Waals surface area contributed by atoms with Crippen LogP contribution in [0.3, 0.4) is 0 Å². The quantitative estimate of drug-likeness (QED) is 0.222. The van der Waals surface area contributed by atoms with Gasteiger partial charge in [-0.05, 0) is 65.9 Å². The first-order valence-corrected chi connectivity index (χ1v) is 13.1. The molecule has 1 aliphatic heterocycles. The van der Waals surface area contributed by atoms with Gasteiger partial charge >= 0.3 is 5.97 Å². The molecule has 0 unspecified atom stereocenters. The molecule has 4 aromatic rings. The molecule has 3 aromatic carbocycles. The molecule has 0 atom stereocenters. The molecule has 1 aliphatic rings. The van der Waals surface area contributed by atoms with Crippen molar-refractivity contribution >= 4 is 69.1 Å². The molecule has 1 N–H and O–H groups in total. The molecule has 0 saturated carbocycles. The average molecular weight is 560 g/mol. The lowest BCUT2D eigenvalue weighted by atomic mass is 10.1. The van der Waals surface area contributed by atoms with Crippen LogP contribution >= 0.6 is 23.4 Å². The molecule has 3 amide bonds. The zero-order valence-corrected chi connectivity index (χ0v) is 22.3. The van der Waals surface area contributed by atoms with Crippen LogP contribution in [0, 0.1) is 0 Å². The van der Waals surface area contributed by atoms with Gasteiger partial charge in [0.05, 0.1) is 24.1 Å². The Kier molecular flexibility index (Phi) is 7.53. The number of aromatic nitrogens is 1. The van der Waals surface area contributed by atoms with E-state index in [2.05, 4.69) is 5.32 Å². The van der Waals surface area contributed by atoms with Crippen molar-refractivity contribution in [1.29, 1.82) is 0 Å². The number of nitrogens with one attached hydrogen (secondary N) is 1. The van der Waals surface area contributed by atoms with E-state index in [0.717, 1.165) is 28.2 Å². The number of hydrogen-bond donors (Lipinski definition) is 1. The monoisotopic (exact) mass is 559 g/mol. The van der Waals surface area contributed by atoms with E-state index in [1.807, 2.05) is 30.3 Å². The first kappa shape index (κ1) is 26.3. The molecular weight excluding hydrogens is 538 g/mol. The highest BCUT2D eigenvalue weighted by Gasteiger charge is 2.35. The Morgan fingerprint density at radius 2 is 1.79 bits per heavy atom. The van der Waals surface area contributed by atoms with Crippen LogP contribution in [0.2, 0.25) is 5.02 Å². The van der Waals surface area contributed by atoms with Crippen molar-refractivity contribution in [2.24, 2.45) is 0 Å². The number of hydrogen-bond acceptors (Lipinski definition) is 6. The van der Waals surface area contributed by atoms with E-state index in [0.29, 0.717) is 26.7 Å². The topological polar surface area (TPSA) is 97.7 Å². The highest BCUT2D eigenvalue weighted by Crippen LogP contribution is 2.35. The number of thioether (sulfide) groups is 1. The molecule has 2 heterocycles. The lowest BCUT2D eigenvalue weighted by molar-refractivity contribution is -0.123. The van der Waals surface area contributed by atoms with Crippen molar-refractivity contribution in [3.05, 3.63) is 106 Å². The van der Waals surface area contributed by atoms with Crippen LogP contribution in [0.15, 0.2) is 83.9 Å². The van der Waals surface area contributed by atoms with E-state index >= 15 is 0 Å². The van der Waals surface area contributed by atoms with Crippen LogP contribution in [-0.2, 0) is 27.4 Å². The Labute approximate surface area is 233 Å². The SMILES string of the molecule is COC(=O)c1ccc(NC(=O)Cn2cc(/C=C3\SC(=O)N(Cc4cccc(Cl)c4)C3=O)c3ccccc32)cc1. The number of carbonyl (C=O) groups excluding carboxylic acids is 4. The zero-order chi connectivity index (χ0) is 27.5. The lowest BCUT2D eigenvalue weighted by Gasteiger charge is -2.12. The predicted octanol–water partition coefficient (Wildman–Crippen LogP) is 5.96. The number of ether oxygens (including phenoxy) is 1. The number of amides is 3. The van der Waals surface area contributed by atoms with E-state index in [1.165, 1.54) is 12.0 Å². The van der Waals surface area contributed by atoms with Gasteiger partial charge in [0.25, 0.3) is 11.1 Å². The van der Waals surface area contributed by atoms with Gasteiger partial charge in [-0.2, -0.15) is 0 Å². The maximum atomic E-state index is 13.1. The van der Waals surface area contributed by atoms with Crippen molar-refractivity contribution in [1.82, 2.24) is 9.47 Å². The van der Waals surface area contributed by atoms with E-state index in [4.69, 9.17) is 16.3 Å². The number of para-hydroxylation sites is 1.